The van der Waals surface area contributed by atoms with Crippen molar-refractivity contribution in [1.29, 1.82) is 0 Å². The molecule has 0 unspecified atom stereocenters. The summed E-state index contributed by atoms with van der Waals surface area (Å²) in [7, 11) is 0. The van der Waals surface area contributed by atoms with E-state index >= 15 is 0 Å². The minimum absolute atomic E-state index is 0.157. The Balaban J connectivity index is 1.38. The van der Waals surface area contributed by atoms with Gasteiger partial charge in [-0.2, -0.15) is 0 Å². The van der Waals surface area contributed by atoms with Crippen LogP contribution in [0, 0.1) is 11.7 Å². The van der Waals surface area contributed by atoms with E-state index < -0.39 is 23.7 Å². The second-order valence-corrected chi connectivity index (χ2v) is 8.41. The van der Waals surface area contributed by atoms with Crippen molar-refractivity contribution in [2.45, 2.75) is 52.0 Å². The number of nitrogens with zero attached hydrogens (tertiary/aromatic N) is 3. The van der Waals surface area contributed by atoms with E-state index in [1.165, 1.54) is 19.1 Å². The van der Waals surface area contributed by atoms with Crippen LogP contribution in [0.5, 0.6) is 5.75 Å². The number of aromatic nitrogens is 2. The topological polar surface area (TPSA) is 110 Å². The average Bonchev–Trinajstić information content (AvgIpc) is 2.82. The van der Waals surface area contributed by atoms with Gasteiger partial charge in [0.15, 0.2) is 0 Å². The highest BCUT2D eigenvalue weighted by Crippen LogP contribution is 2.24. The number of carbonyl (C=O) groups excluding carboxylic acids is 2. The number of hydrogen-bond acceptors (Lipinski definition) is 6. The monoisotopic (exact) mass is 457 g/mol. The van der Waals surface area contributed by atoms with E-state index in [0.29, 0.717) is 18.3 Å². The minimum Gasteiger partial charge on any atom is -0.493 e. The molecule has 0 saturated carbocycles. The number of nitrogens with two attached hydrogens (primary N) is 1. The molecular weight excluding hydrogens is 425 g/mol. The minimum atomic E-state index is -0.881. The Morgan fingerprint density at radius 1 is 1.27 bits per heavy atom. The first-order valence-corrected chi connectivity index (χ1v) is 11.5. The lowest BCUT2D eigenvalue weighted by Gasteiger charge is -2.32. The van der Waals surface area contributed by atoms with Crippen LogP contribution in [0.4, 0.5) is 10.3 Å². The molecule has 1 aromatic heterocycles. The maximum absolute atomic E-state index is 14.3. The van der Waals surface area contributed by atoms with Gasteiger partial charge in [-0.25, -0.2) is 14.4 Å². The molecule has 0 aliphatic carbocycles. The molecule has 0 radical (unpaired) electrons. The van der Waals surface area contributed by atoms with Crippen LogP contribution in [-0.2, 0) is 11.2 Å². The van der Waals surface area contributed by atoms with Gasteiger partial charge in [0.05, 0.1) is 12.2 Å². The smallest absolute Gasteiger partial charge is 0.254 e. The molecule has 0 bridgehead atoms. The number of ether oxygens (including phenoxy) is 1. The van der Waals surface area contributed by atoms with E-state index in [1.54, 1.807) is 6.07 Å². The first-order chi connectivity index (χ1) is 15.9. The van der Waals surface area contributed by atoms with Gasteiger partial charge in [0.25, 0.3) is 5.91 Å². The fraction of sp³-hybridized carbons (Fsp3) is 0.500. The number of rotatable bonds is 10. The standard InChI is InChI=1S/C24H32FN5O3/c1-3-17-14-27-24(28-15-17)30-10-8-18(9-11-30)5-4-12-33-19-6-7-20(21(25)13-19)23(32)29-16(2)22(26)31/h6-7,13-16,18H,3-5,8-12H2,1-2H3,(H2,26,31)(H,29,32)/t16-/m0/s1. The average molecular weight is 458 g/mol. The summed E-state index contributed by atoms with van der Waals surface area (Å²) in [5.41, 5.74) is 6.10. The lowest BCUT2D eigenvalue weighted by Crippen LogP contribution is -2.42. The molecule has 0 spiro atoms. The van der Waals surface area contributed by atoms with Gasteiger partial charge in [0, 0.05) is 31.5 Å². The quantitative estimate of drug-likeness (QED) is 0.531. The first kappa shape index (κ1) is 24.4. The molecular formula is C24H32FN5O3. The molecule has 178 valence electrons. The lowest BCUT2D eigenvalue weighted by molar-refractivity contribution is -0.119. The van der Waals surface area contributed by atoms with E-state index in [2.05, 4.69) is 27.1 Å². The Bertz CT molecular complexity index is 946. The number of benzene rings is 1. The third-order valence-corrected chi connectivity index (χ3v) is 5.98. The number of carbonyl (C=O) groups is 2. The Morgan fingerprint density at radius 3 is 2.58 bits per heavy atom. The van der Waals surface area contributed by atoms with E-state index in [-0.39, 0.29) is 5.56 Å². The normalized spacial score (nSPS) is 15.2. The van der Waals surface area contributed by atoms with Crippen molar-refractivity contribution in [2.24, 2.45) is 11.7 Å². The summed E-state index contributed by atoms with van der Waals surface area (Å²) in [6.45, 7) is 5.90. The zero-order valence-corrected chi connectivity index (χ0v) is 19.2. The zero-order valence-electron chi connectivity index (χ0n) is 19.2. The summed E-state index contributed by atoms with van der Waals surface area (Å²) >= 11 is 0. The molecule has 1 fully saturated rings. The van der Waals surface area contributed by atoms with Crippen molar-refractivity contribution < 1.29 is 18.7 Å². The van der Waals surface area contributed by atoms with Gasteiger partial charge in [-0.1, -0.05) is 6.92 Å². The predicted octanol–water partition coefficient (Wildman–Crippen LogP) is 2.86. The maximum Gasteiger partial charge on any atom is 0.254 e. The molecule has 1 aromatic carbocycles. The summed E-state index contributed by atoms with van der Waals surface area (Å²) in [5, 5.41) is 2.36. The summed E-state index contributed by atoms with van der Waals surface area (Å²) in [6, 6.07) is 3.20. The summed E-state index contributed by atoms with van der Waals surface area (Å²) < 4.78 is 20.0. The molecule has 1 atom stereocenters. The van der Waals surface area contributed by atoms with E-state index in [1.807, 2.05) is 12.4 Å². The third-order valence-electron chi connectivity index (χ3n) is 5.98. The van der Waals surface area contributed by atoms with Crippen molar-refractivity contribution in [2.75, 3.05) is 24.6 Å². The van der Waals surface area contributed by atoms with Gasteiger partial charge < -0.3 is 20.7 Å². The molecule has 3 rings (SSSR count). The van der Waals surface area contributed by atoms with Crippen LogP contribution in [0.3, 0.4) is 0 Å². The number of piperidine rings is 1. The highest BCUT2D eigenvalue weighted by atomic mass is 19.1. The van der Waals surface area contributed by atoms with Crippen LogP contribution in [0.2, 0.25) is 0 Å². The Hall–Kier alpha value is -3.23. The van der Waals surface area contributed by atoms with Crippen LogP contribution in [0.1, 0.15) is 55.5 Å². The van der Waals surface area contributed by atoms with Crippen LogP contribution < -0.4 is 20.7 Å². The SMILES string of the molecule is CCc1cnc(N2CCC(CCCOc3ccc(C(=O)N[C@@H](C)C(N)=O)c(F)c3)CC2)nc1. The maximum atomic E-state index is 14.3. The van der Waals surface area contributed by atoms with Gasteiger partial charge >= 0.3 is 0 Å². The number of aryl methyl sites for hydroxylation is 1. The Labute approximate surface area is 193 Å². The van der Waals surface area contributed by atoms with Crippen molar-refractivity contribution in [3.63, 3.8) is 0 Å². The number of nitrogens with one attached hydrogen (secondary N) is 1. The summed E-state index contributed by atoms with van der Waals surface area (Å²) in [4.78, 5) is 34.3. The van der Waals surface area contributed by atoms with E-state index in [4.69, 9.17) is 10.5 Å². The van der Waals surface area contributed by atoms with E-state index in [9.17, 15) is 14.0 Å². The summed E-state index contributed by atoms with van der Waals surface area (Å²) in [6.07, 6.45) is 8.81. The molecule has 2 aromatic rings. The van der Waals surface area contributed by atoms with Crippen LogP contribution in [-0.4, -0.2) is 47.5 Å². The number of anilines is 1. The lowest BCUT2D eigenvalue weighted by atomic mass is 9.92. The second kappa shape index (κ2) is 11.6. The van der Waals surface area contributed by atoms with Crippen LogP contribution >= 0.6 is 0 Å². The molecule has 1 aliphatic heterocycles. The molecule has 1 saturated heterocycles. The van der Waals surface area contributed by atoms with Crippen LogP contribution in [0.15, 0.2) is 30.6 Å². The highest BCUT2D eigenvalue weighted by Gasteiger charge is 2.21. The molecule has 33 heavy (non-hydrogen) atoms. The summed E-state index contributed by atoms with van der Waals surface area (Å²) in [5.74, 6) is -0.290. The fourth-order valence-corrected chi connectivity index (χ4v) is 3.79. The van der Waals surface area contributed by atoms with Gasteiger partial charge in [-0.05, 0) is 62.6 Å². The molecule has 2 amide bonds. The third kappa shape index (κ3) is 6.87. The van der Waals surface area contributed by atoms with Gasteiger partial charge in [-0.3, -0.25) is 9.59 Å². The van der Waals surface area contributed by atoms with Gasteiger partial charge in [-0.15, -0.1) is 0 Å². The van der Waals surface area contributed by atoms with Crippen molar-refractivity contribution in [3.8, 4) is 5.75 Å². The molecule has 9 heteroatoms. The molecule has 3 N–H and O–H groups in total. The first-order valence-electron chi connectivity index (χ1n) is 11.5. The number of primary amides is 1. The number of hydrogen-bond donors (Lipinski definition) is 2. The number of amides is 2. The molecule has 1 aliphatic rings. The van der Waals surface area contributed by atoms with Gasteiger partial charge in [0.2, 0.25) is 11.9 Å². The number of halogens is 1. The second-order valence-electron chi connectivity index (χ2n) is 8.41. The fourth-order valence-electron chi connectivity index (χ4n) is 3.79. The largest absolute Gasteiger partial charge is 0.493 e. The van der Waals surface area contributed by atoms with Crippen LogP contribution in [0.25, 0.3) is 0 Å². The molecule has 2 heterocycles. The molecule has 8 nitrogen and oxygen atoms in total. The van der Waals surface area contributed by atoms with E-state index in [0.717, 1.165) is 56.7 Å². The Kier molecular flexibility index (Phi) is 8.57. The van der Waals surface area contributed by atoms with Crippen molar-refractivity contribution in [1.82, 2.24) is 15.3 Å². The Morgan fingerprint density at radius 2 is 1.97 bits per heavy atom. The highest BCUT2D eigenvalue weighted by molar-refractivity contribution is 5.97. The predicted molar refractivity (Wildman–Crippen MR) is 124 cm³/mol. The zero-order chi connectivity index (χ0) is 23.8. The van der Waals surface area contributed by atoms with Gasteiger partial charge in [0.1, 0.15) is 17.6 Å². The van der Waals surface area contributed by atoms with Crippen molar-refractivity contribution >= 4 is 17.8 Å². The van der Waals surface area contributed by atoms with Crippen molar-refractivity contribution in [3.05, 3.63) is 47.5 Å².